The lowest BCUT2D eigenvalue weighted by Gasteiger charge is -2.38. The van der Waals surface area contributed by atoms with Crippen LogP contribution in [-0.4, -0.2) is 255 Å². The molecule has 1 heterocycles. The molecule has 1 saturated heterocycles. The van der Waals surface area contributed by atoms with Crippen LogP contribution in [0, 0.1) is 0 Å². The van der Waals surface area contributed by atoms with Crippen molar-refractivity contribution in [1.29, 1.82) is 0 Å². The van der Waals surface area contributed by atoms with E-state index in [-0.39, 0.29) is 63.7 Å². The molecule has 1 amide bonds. The minimum atomic E-state index is -1.36. The van der Waals surface area contributed by atoms with Crippen LogP contribution in [0.4, 0.5) is 0 Å². The number of hydrogen-bond acceptors (Lipinski definition) is 23. The SMILES string of the molecule is C[C@@H]1O[C@@H](OCCOCCNC(=O)CCOCCOCCOCCOCCOCCOCCOCCOCCOCCOCCOCCOCCCC(=O)COc2ccc(-c3cccc(C(=O)OCc4ccccc4)c3)cc2)[C@H](O)[C@H](O)[C@H]1O. The molecule has 0 radical (unpaired) electrons. The highest BCUT2D eigenvalue weighted by molar-refractivity contribution is 5.91. The van der Waals surface area contributed by atoms with E-state index in [1.54, 1.807) is 31.2 Å². The lowest BCUT2D eigenvalue weighted by Crippen LogP contribution is -2.57. The molecule has 5 atom stereocenters. The van der Waals surface area contributed by atoms with E-state index >= 15 is 0 Å². The molecule has 24 nitrogen and oxygen atoms in total. The number of aliphatic hydroxyl groups excluding tert-OH is 3. The first kappa shape index (κ1) is 71.8. The normalized spacial score (nSPS) is 16.9. The summed E-state index contributed by atoms with van der Waals surface area (Å²) in [7, 11) is 0. The zero-order valence-corrected chi connectivity index (χ0v) is 48.7. The fraction of sp³-hybridized carbons (Fsp3) is 0.650. The molecule has 0 unspecified atom stereocenters. The summed E-state index contributed by atoms with van der Waals surface area (Å²) in [5, 5.41) is 32.2. The first-order valence-electron chi connectivity index (χ1n) is 28.9. The number of carbonyl (C=O) groups is 3. The lowest BCUT2D eigenvalue weighted by molar-refractivity contribution is -0.294. The van der Waals surface area contributed by atoms with Crippen molar-refractivity contribution in [2.24, 2.45) is 0 Å². The van der Waals surface area contributed by atoms with Gasteiger partial charge in [-0.1, -0.05) is 54.6 Å². The van der Waals surface area contributed by atoms with Crippen LogP contribution in [0.3, 0.4) is 0 Å². The van der Waals surface area contributed by atoms with Gasteiger partial charge in [0.1, 0.15) is 37.3 Å². The molecule has 0 spiro atoms. The van der Waals surface area contributed by atoms with Gasteiger partial charge in [-0.05, 0) is 54.3 Å². The summed E-state index contributed by atoms with van der Waals surface area (Å²) < 4.78 is 93.5. The Balaban J connectivity index is 0.762. The molecule has 4 N–H and O–H groups in total. The molecule has 474 valence electrons. The number of hydrogen-bond donors (Lipinski definition) is 4. The fourth-order valence-electron chi connectivity index (χ4n) is 7.50. The molecule has 3 aromatic rings. The number of Topliss-reactive ketones (excluding diaryl/α,β-unsaturated/α-hetero) is 1. The first-order valence-corrected chi connectivity index (χ1v) is 28.9. The number of benzene rings is 3. The molecule has 1 fully saturated rings. The summed E-state index contributed by atoms with van der Waals surface area (Å²) in [4.78, 5) is 36.9. The van der Waals surface area contributed by atoms with Crippen molar-refractivity contribution in [3.05, 3.63) is 90.0 Å². The predicted molar refractivity (Wildman–Crippen MR) is 304 cm³/mol. The third-order valence-corrected chi connectivity index (χ3v) is 12.1. The van der Waals surface area contributed by atoms with Crippen molar-refractivity contribution in [2.75, 3.05) is 192 Å². The second kappa shape index (κ2) is 48.5. The molecule has 4 rings (SSSR count). The van der Waals surface area contributed by atoms with Crippen LogP contribution in [-0.2, 0) is 92.0 Å². The first-order chi connectivity index (χ1) is 41.2. The van der Waals surface area contributed by atoms with Crippen molar-refractivity contribution in [3.63, 3.8) is 0 Å². The average Bonchev–Trinajstić information content (AvgIpc) is 3.66. The summed E-state index contributed by atoms with van der Waals surface area (Å²) in [6.45, 7) is 13.0. The van der Waals surface area contributed by atoms with Gasteiger partial charge in [-0.2, -0.15) is 0 Å². The number of aliphatic hydroxyl groups is 3. The Labute approximate surface area is 493 Å². The minimum Gasteiger partial charge on any atom is -0.486 e. The van der Waals surface area contributed by atoms with Crippen LogP contribution in [0.25, 0.3) is 11.1 Å². The summed E-state index contributed by atoms with van der Waals surface area (Å²) in [6.07, 6.45) is -4.51. The molecular formula is C60H91NO23. The summed E-state index contributed by atoms with van der Waals surface area (Å²) in [5.74, 6) is 0.0140. The van der Waals surface area contributed by atoms with Crippen LogP contribution in [0.1, 0.15) is 42.1 Å². The molecule has 0 aromatic heterocycles. The third-order valence-electron chi connectivity index (χ3n) is 12.1. The van der Waals surface area contributed by atoms with Gasteiger partial charge in [0.15, 0.2) is 12.1 Å². The number of ketones is 1. The predicted octanol–water partition coefficient (Wildman–Crippen LogP) is 3.00. The van der Waals surface area contributed by atoms with Gasteiger partial charge in [0.25, 0.3) is 0 Å². The van der Waals surface area contributed by atoms with E-state index in [1.165, 1.54) is 0 Å². The number of ether oxygens (including phenoxy) is 17. The second-order valence-electron chi connectivity index (χ2n) is 18.7. The van der Waals surface area contributed by atoms with Crippen molar-refractivity contribution in [2.45, 2.75) is 63.5 Å². The maximum atomic E-state index is 12.6. The third kappa shape index (κ3) is 35.1. The van der Waals surface area contributed by atoms with E-state index < -0.39 is 30.7 Å². The van der Waals surface area contributed by atoms with Crippen LogP contribution < -0.4 is 10.1 Å². The Morgan fingerprint density at radius 1 is 0.464 bits per heavy atom. The van der Waals surface area contributed by atoms with E-state index in [4.69, 9.17) is 80.5 Å². The standard InChI is InChI=1S/C60H91NO23/c1-48-56(64)57(65)58(66)60(84-48)81-44-43-70-20-17-61-55(63)16-19-69-22-24-72-26-28-74-30-32-76-34-36-78-38-40-80-42-41-79-39-37-77-35-33-75-31-29-73-27-25-71-23-21-68-18-6-11-53(62)47-82-54-14-12-50(13-15-54)51-9-5-10-52(45-51)59(67)83-46-49-7-3-2-4-8-49/h2-5,7-10,12-15,45,48,56-58,60,64-66H,6,11,16-44,46-47H2,1H3,(H,61,63)/t48-,56-,57+,58+,60+/m0/s1. The van der Waals surface area contributed by atoms with Gasteiger partial charge in [-0.3, -0.25) is 9.59 Å². The molecule has 84 heavy (non-hydrogen) atoms. The Bertz CT molecular complexity index is 2090. The number of amides is 1. The number of rotatable bonds is 54. The van der Waals surface area contributed by atoms with Gasteiger partial charge in [0.05, 0.1) is 183 Å². The smallest absolute Gasteiger partial charge is 0.338 e. The molecule has 1 aliphatic rings. The van der Waals surface area contributed by atoms with Gasteiger partial charge in [-0.15, -0.1) is 0 Å². The average molecular weight is 1190 g/mol. The quantitative estimate of drug-likeness (QED) is 0.0467. The van der Waals surface area contributed by atoms with Gasteiger partial charge >= 0.3 is 5.97 Å². The fourth-order valence-corrected chi connectivity index (χ4v) is 7.50. The van der Waals surface area contributed by atoms with Crippen LogP contribution in [0.2, 0.25) is 0 Å². The Hall–Kier alpha value is -4.65. The second-order valence-corrected chi connectivity index (χ2v) is 18.7. The van der Waals surface area contributed by atoms with E-state index in [1.807, 2.05) is 54.6 Å². The highest BCUT2D eigenvalue weighted by Gasteiger charge is 2.42. The molecule has 24 heteroatoms. The maximum absolute atomic E-state index is 12.6. The summed E-state index contributed by atoms with van der Waals surface area (Å²) >= 11 is 0. The van der Waals surface area contributed by atoms with Crippen molar-refractivity contribution in [3.8, 4) is 16.9 Å². The zero-order valence-electron chi connectivity index (χ0n) is 48.7. The summed E-state index contributed by atoms with van der Waals surface area (Å²) in [5.41, 5.74) is 3.17. The number of nitrogens with one attached hydrogen (secondary N) is 1. The van der Waals surface area contributed by atoms with Crippen molar-refractivity contribution >= 4 is 17.7 Å². The van der Waals surface area contributed by atoms with Crippen LogP contribution >= 0.6 is 0 Å². The minimum absolute atomic E-state index is 0.0142. The molecule has 0 bridgehead atoms. The Morgan fingerprint density at radius 3 is 1.44 bits per heavy atom. The van der Waals surface area contributed by atoms with Crippen molar-refractivity contribution < 1.29 is 110 Å². The number of esters is 1. The van der Waals surface area contributed by atoms with E-state index in [2.05, 4.69) is 5.32 Å². The monoisotopic (exact) mass is 1190 g/mol. The topological polar surface area (TPSA) is 281 Å². The molecule has 3 aromatic carbocycles. The molecular weight excluding hydrogens is 1100 g/mol. The van der Waals surface area contributed by atoms with Gasteiger partial charge in [-0.25, -0.2) is 4.79 Å². The molecule has 0 saturated carbocycles. The van der Waals surface area contributed by atoms with Gasteiger partial charge in [0.2, 0.25) is 5.91 Å². The van der Waals surface area contributed by atoms with Gasteiger partial charge < -0.3 is 101 Å². The zero-order chi connectivity index (χ0) is 59.8. The van der Waals surface area contributed by atoms with Crippen LogP contribution in [0.5, 0.6) is 5.75 Å². The lowest BCUT2D eigenvalue weighted by atomic mass is 10.0. The maximum Gasteiger partial charge on any atom is 0.338 e. The van der Waals surface area contributed by atoms with E-state index in [0.717, 1.165) is 16.7 Å². The molecule has 0 aliphatic carbocycles. The summed E-state index contributed by atoms with van der Waals surface area (Å²) in [6, 6.07) is 24.2. The van der Waals surface area contributed by atoms with Gasteiger partial charge in [0, 0.05) is 26.0 Å². The number of carbonyl (C=O) groups excluding carboxylic acids is 3. The molecule has 1 aliphatic heterocycles. The Kier molecular flexibility index (Phi) is 41.4. The highest BCUT2D eigenvalue weighted by atomic mass is 16.7. The van der Waals surface area contributed by atoms with Crippen molar-refractivity contribution in [1.82, 2.24) is 5.32 Å². The van der Waals surface area contributed by atoms with Crippen LogP contribution in [0.15, 0.2) is 78.9 Å². The Morgan fingerprint density at radius 2 is 0.929 bits per heavy atom. The van der Waals surface area contributed by atoms with E-state index in [9.17, 15) is 29.7 Å². The largest absolute Gasteiger partial charge is 0.486 e. The highest BCUT2D eigenvalue weighted by Crippen LogP contribution is 2.25. The van der Waals surface area contributed by atoms with E-state index in [0.29, 0.717) is 183 Å².